The van der Waals surface area contributed by atoms with Crippen molar-refractivity contribution in [1.82, 2.24) is 15.5 Å². The Bertz CT molecular complexity index is 607. The van der Waals surface area contributed by atoms with Gasteiger partial charge in [0.1, 0.15) is 11.4 Å². The average molecular weight is 303 g/mol. The van der Waals surface area contributed by atoms with Gasteiger partial charge in [-0.05, 0) is 50.1 Å². The van der Waals surface area contributed by atoms with E-state index in [-0.39, 0.29) is 18.6 Å². The predicted octanol–water partition coefficient (Wildman–Crippen LogP) is 1.98. The summed E-state index contributed by atoms with van der Waals surface area (Å²) in [6.07, 6.45) is 1.41. The van der Waals surface area contributed by atoms with Crippen molar-refractivity contribution in [3.63, 3.8) is 0 Å². The van der Waals surface area contributed by atoms with Crippen molar-refractivity contribution in [2.75, 3.05) is 13.7 Å². The molecule has 1 aromatic carbocycles. The van der Waals surface area contributed by atoms with Crippen LogP contribution in [0.25, 0.3) is 11.3 Å². The minimum Gasteiger partial charge on any atom is -0.497 e. The third kappa shape index (κ3) is 4.08. The topological polar surface area (TPSA) is 87.2 Å². The van der Waals surface area contributed by atoms with E-state index in [1.807, 2.05) is 31.2 Å². The third-order valence-electron chi connectivity index (χ3n) is 3.38. The molecule has 22 heavy (non-hydrogen) atoms. The molecule has 0 saturated heterocycles. The van der Waals surface area contributed by atoms with E-state index in [2.05, 4.69) is 15.5 Å². The van der Waals surface area contributed by atoms with Crippen LogP contribution in [-0.2, 0) is 0 Å². The summed E-state index contributed by atoms with van der Waals surface area (Å²) in [5.41, 5.74) is 2.03. The minimum absolute atomic E-state index is 0.00684. The Kier molecular flexibility index (Phi) is 5.55. The Balaban J connectivity index is 2.02. The van der Waals surface area contributed by atoms with Crippen molar-refractivity contribution in [3.05, 3.63) is 36.0 Å². The first-order valence-electron chi connectivity index (χ1n) is 7.25. The van der Waals surface area contributed by atoms with Crippen LogP contribution in [0.3, 0.4) is 0 Å². The lowest BCUT2D eigenvalue weighted by molar-refractivity contribution is 0.0931. The molecule has 0 bridgehead atoms. The number of nitrogens with one attached hydrogen (secondary N) is 2. The number of hydrogen-bond donors (Lipinski definition) is 3. The van der Waals surface area contributed by atoms with Gasteiger partial charge in [-0.1, -0.05) is 0 Å². The fraction of sp³-hybridized carbons (Fsp3) is 0.375. The van der Waals surface area contributed by atoms with E-state index in [9.17, 15) is 4.79 Å². The Hall–Kier alpha value is -2.34. The maximum absolute atomic E-state index is 12.1. The van der Waals surface area contributed by atoms with Gasteiger partial charge < -0.3 is 15.2 Å². The lowest BCUT2D eigenvalue weighted by Crippen LogP contribution is -2.32. The molecule has 0 saturated carbocycles. The van der Waals surface area contributed by atoms with Crippen LogP contribution in [0.4, 0.5) is 0 Å². The molecule has 6 heteroatoms. The van der Waals surface area contributed by atoms with Gasteiger partial charge in [0.15, 0.2) is 0 Å². The van der Waals surface area contributed by atoms with E-state index in [1.165, 1.54) is 0 Å². The van der Waals surface area contributed by atoms with E-state index in [0.29, 0.717) is 17.8 Å². The molecule has 0 fully saturated rings. The highest BCUT2D eigenvalue weighted by Crippen LogP contribution is 2.21. The first kappa shape index (κ1) is 16.0. The van der Waals surface area contributed by atoms with Crippen LogP contribution in [0, 0.1) is 0 Å². The number of amides is 1. The van der Waals surface area contributed by atoms with Gasteiger partial charge in [-0.3, -0.25) is 9.89 Å². The van der Waals surface area contributed by atoms with Crippen molar-refractivity contribution in [2.45, 2.75) is 25.8 Å². The van der Waals surface area contributed by atoms with E-state index < -0.39 is 0 Å². The molecule has 6 nitrogen and oxygen atoms in total. The highest BCUT2D eigenvalue weighted by atomic mass is 16.5. The smallest absolute Gasteiger partial charge is 0.269 e. The van der Waals surface area contributed by atoms with Crippen LogP contribution in [-0.4, -0.2) is 41.0 Å². The number of carbonyl (C=O) groups is 1. The largest absolute Gasteiger partial charge is 0.497 e. The summed E-state index contributed by atoms with van der Waals surface area (Å²) in [4.78, 5) is 12.1. The molecule has 0 aliphatic heterocycles. The van der Waals surface area contributed by atoms with Gasteiger partial charge >= 0.3 is 0 Å². The van der Waals surface area contributed by atoms with Gasteiger partial charge in [0, 0.05) is 18.2 Å². The van der Waals surface area contributed by atoms with Crippen LogP contribution >= 0.6 is 0 Å². The van der Waals surface area contributed by atoms with E-state index in [0.717, 1.165) is 17.7 Å². The molecule has 1 unspecified atom stereocenters. The zero-order valence-electron chi connectivity index (χ0n) is 12.8. The molecule has 2 aromatic rings. The molecule has 1 aromatic heterocycles. The number of rotatable bonds is 7. The fourth-order valence-electron chi connectivity index (χ4n) is 2.12. The Morgan fingerprint density at radius 2 is 2.14 bits per heavy atom. The van der Waals surface area contributed by atoms with Crippen LogP contribution in [0.15, 0.2) is 30.3 Å². The molecule has 0 spiro atoms. The maximum atomic E-state index is 12.1. The van der Waals surface area contributed by atoms with Crippen LogP contribution in [0.1, 0.15) is 30.3 Å². The Morgan fingerprint density at radius 1 is 1.41 bits per heavy atom. The monoisotopic (exact) mass is 303 g/mol. The van der Waals surface area contributed by atoms with Crippen molar-refractivity contribution >= 4 is 5.91 Å². The molecular formula is C16H21N3O3. The summed E-state index contributed by atoms with van der Waals surface area (Å²) in [6, 6.07) is 9.20. The number of hydrogen-bond acceptors (Lipinski definition) is 4. The highest BCUT2D eigenvalue weighted by Gasteiger charge is 2.13. The van der Waals surface area contributed by atoms with E-state index in [1.54, 1.807) is 13.2 Å². The number of aliphatic hydroxyl groups excluding tert-OH is 1. The highest BCUT2D eigenvalue weighted by molar-refractivity contribution is 5.93. The molecule has 0 aliphatic rings. The van der Waals surface area contributed by atoms with Gasteiger partial charge in [0.05, 0.1) is 12.8 Å². The van der Waals surface area contributed by atoms with E-state index >= 15 is 0 Å². The Labute approximate surface area is 129 Å². The molecule has 2 rings (SSSR count). The molecule has 3 N–H and O–H groups in total. The summed E-state index contributed by atoms with van der Waals surface area (Å²) < 4.78 is 5.11. The second kappa shape index (κ2) is 7.61. The average Bonchev–Trinajstić information content (AvgIpc) is 3.03. The second-order valence-corrected chi connectivity index (χ2v) is 5.14. The number of benzene rings is 1. The van der Waals surface area contributed by atoms with Crippen molar-refractivity contribution in [2.24, 2.45) is 0 Å². The molecule has 0 aliphatic carbocycles. The number of H-pyrrole nitrogens is 1. The van der Waals surface area contributed by atoms with Gasteiger partial charge in [0.2, 0.25) is 0 Å². The van der Waals surface area contributed by atoms with Crippen LogP contribution in [0.5, 0.6) is 5.75 Å². The van der Waals surface area contributed by atoms with Crippen molar-refractivity contribution in [3.8, 4) is 17.0 Å². The molecular weight excluding hydrogens is 282 g/mol. The van der Waals surface area contributed by atoms with Crippen molar-refractivity contribution in [1.29, 1.82) is 0 Å². The van der Waals surface area contributed by atoms with Gasteiger partial charge in [-0.15, -0.1) is 0 Å². The summed E-state index contributed by atoms with van der Waals surface area (Å²) >= 11 is 0. The minimum atomic E-state index is -0.197. The second-order valence-electron chi connectivity index (χ2n) is 5.14. The first-order chi connectivity index (χ1) is 10.6. The number of aliphatic hydroxyl groups is 1. The predicted molar refractivity (Wildman–Crippen MR) is 83.8 cm³/mol. The number of ether oxygens (including phenoxy) is 1. The molecule has 1 atom stereocenters. The SMILES string of the molecule is COc1ccc(-c2cc(C(=O)NC(C)CCCO)[nH]n2)cc1. The molecule has 1 heterocycles. The zero-order valence-corrected chi connectivity index (χ0v) is 12.8. The number of methoxy groups -OCH3 is 1. The maximum Gasteiger partial charge on any atom is 0.269 e. The number of carbonyl (C=O) groups excluding carboxylic acids is 1. The zero-order chi connectivity index (χ0) is 15.9. The molecule has 1 amide bonds. The molecule has 118 valence electrons. The number of nitrogens with zero attached hydrogens (tertiary/aromatic N) is 1. The van der Waals surface area contributed by atoms with Gasteiger partial charge in [-0.25, -0.2) is 0 Å². The normalized spacial score (nSPS) is 12.0. The van der Waals surface area contributed by atoms with Gasteiger partial charge in [-0.2, -0.15) is 5.10 Å². The summed E-state index contributed by atoms with van der Waals surface area (Å²) in [5, 5.41) is 18.6. The summed E-state index contributed by atoms with van der Waals surface area (Å²) in [7, 11) is 1.62. The van der Waals surface area contributed by atoms with Crippen molar-refractivity contribution < 1.29 is 14.6 Å². The van der Waals surface area contributed by atoms with E-state index in [4.69, 9.17) is 9.84 Å². The summed E-state index contributed by atoms with van der Waals surface area (Å²) in [6.45, 7) is 2.04. The van der Waals surface area contributed by atoms with Crippen LogP contribution < -0.4 is 10.1 Å². The standard InChI is InChI=1S/C16H21N3O3/c1-11(4-3-9-20)17-16(21)15-10-14(18-19-15)12-5-7-13(22-2)8-6-12/h5-8,10-11,20H,3-4,9H2,1-2H3,(H,17,21)(H,18,19). The third-order valence-corrected chi connectivity index (χ3v) is 3.38. The number of aromatic amines is 1. The lowest BCUT2D eigenvalue weighted by atomic mass is 10.1. The quantitative estimate of drug-likeness (QED) is 0.730. The first-order valence-corrected chi connectivity index (χ1v) is 7.25. The summed E-state index contributed by atoms with van der Waals surface area (Å²) in [5.74, 6) is 0.577. The van der Waals surface area contributed by atoms with Crippen LogP contribution in [0.2, 0.25) is 0 Å². The van der Waals surface area contributed by atoms with Gasteiger partial charge in [0.25, 0.3) is 5.91 Å². The molecule has 0 radical (unpaired) electrons. The lowest BCUT2D eigenvalue weighted by Gasteiger charge is -2.11. The fourth-order valence-corrected chi connectivity index (χ4v) is 2.12. The number of aromatic nitrogens is 2. The Morgan fingerprint density at radius 3 is 2.77 bits per heavy atom.